The first kappa shape index (κ1) is 12.9. The van der Waals surface area contributed by atoms with Gasteiger partial charge in [-0.3, -0.25) is 0 Å². The molecular formula is C9H12F3N3S2. The molecule has 8 heteroatoms. The van der Waals surface area contributed by atoms with Crippen molar-refractivity contribution in [2.75, 3.05) is 11.9 Å². The first-order valence-corrected chi connectivity index (χ1v) is 7.03. The van der Waals surface area contributed by atoms with Crippen LogP contribution in [0.3, 0.4) is 0 Å². The molecule has 1 aliphatic carbocycles. The number of rotatable bonds is 4. The lowest BCUT2D eigenvalue weighted by Gasteiger charge is -2.05. The summed E-state index contributed by atoms with van der Waals surface area (Å²) in [6, 6.07) is 0. The van der Waals surface area contributed by atoms with Gasteiger partial charge in [-0.25, -0.2) is 0 Å². The van der Waals surface area contributed by atoms with Crippen molar-refractivity contribution in [1.29, 1.82) is 0 Å². The van der Waals surface area contributed by atoms with Crippen LogP contribution in [0.4, 0.5) is 18.3 Å². The monoisotopic (exact) mass is 283 g/mol. The summed E-state index contributed by atoms with van der Waals surface area (Å²) in [5.41, 5.74) is 0. The van der Waals surface area contributed by atoms with Crippen molar-refractivity contribution in [2.24, 2.45) is 0 Å². The molecule has 0 spiro atoms. The van der Waals surface area contributed by atoms with Gasteiger partial charge < -0.3 is 5.32 Å². The molecule has 0 aliphatic heterocycles. The molecule has 1 aliphatic rings. The van der Waals surface area contributed by atoms with E-state index in [1.807, 2.05) is 0 Å². The summed E-state index contributed by atoms with van der Waals surface area (Å²) in [6.07, 6.45) is 0.570. The van der Waals surface area contributed by atoms with Gasteiger partial charge in [0.15, 0.2) is 4.34 Å². The number of nitrogens with one attached hydrogen (secondary N) is 1. The van der Waals surface area contributed by atoms with Gasteiger partial charge in [-0.05, 0) is 12.8 Å². The lowest BCUT2D eigenvalue weighted by Crippen LogP contribution is -2.21. The van der Waals surface area contributed by atoms with Crippen molar-refractivity contribution in [1.82, 2.24) is 10.2 Å². The minimum absolute atomic E-state index is 0.239. The summed E-state index contributed by atoms with van der Waals surface area (Å²) in [5.74, 6) is 0. The van der Waals surface area contributed by atoms with Crippen molar-refractivity contribution < 1.29 is 13.2 Å². The highest BCUT2D eigenvalue weighted by atomic mass is 32.2. The Morgan fingerprint density at radius 3 is 2.65 bits per heavy atom. The number of nitrogens with zero attached hydrogens (tertiary/aromatic N) is 2. The smallest absolute Gasteiger partial charge is 0.351 e. The average Bonchev–Trinajstić information content (AvgIpc) is 2.86. The third-order valence-electron chi connectivity index (χ3n) is 2.42. The molecule has 17 heavy (non-hydrogen) atoms. The van der Waals surface area contributed by atoms with E-state index >= 15 is 0 Å². The Kier molecular flexibility index (Phi) is 4.13. The zero-order valence-electron chi connectivity index (χ0n) is 8.96. The molecule has 0 bridgehead atoms. The quantitative estimate of drug-likeness (QED) is 0.917. The average molecular weight is 283 g/mol. The van der Waals surface area contributed by atoms with Crippen molar-refractivity contribution >= 4 is 28.2 Å². The van der Waals surface area contributed by atoms with Crippen molar-refractivity contribution in [3.63, 3.8) is 0 Å². The number of hydrogen-bond acceptors (Lipinski definition) is 5. The summed E-state index contributed by atoms with van der Waals surface area (Å²) in [5, 5.41) is 10.6. The standard InChI is InChI=1S/C9H12F3N3S2/c10-9(11,12)5-13-7-14-15-8(17-7)16-6-3-1-2-4-6/h6H,1-5H2,(H,13,14). The van der Waals surface area contributed by atoms with E-state index in [0.29, 0.717) is 5.25 Å². The normalized spacial score (nSPS) is 17.6. The molecular weight excluding hydrogens is 271 g/mol. The molecule has 1 aromatic rings. The van der Waals surface area contributed by atoms with Crippen LogP contribution in [0.2, 0.25) is 0 Å². The Balaban J connectivity index is 1.83. The summed E-state index contributed by atoms with van der Waals surface area (Å²) in [4.78, 5) is 0. The van der Waals surface area contributed by atoms with Gasteiger partial charge in [0.2, 0.25) is 5.13 Å². The number of halogens is 3. The zero-order chi connectivity index (χ0) is 12.3. The largest absolute Gasteiger partial charge is 0.405 e. The van der Waals surface area contributed by atoms with Crippen LogP contribution in [0.25, 0.3) is 0 Å². The molecule has 0 atom stereocenters. The molecule has 1 fully saturated rings. The van der Waals surface area contributed by atoms with Crippen LogP contribution in [-0.4, -0.2) is 28.2 Å². The van der Waals surface area contributed by atoms with Crippen LogP contribution in [-0.2, 0) is 0 Å². The molecule has 0 unspecified atom stereocenters. The minimum atomic E-state index is -4.22. The van der Waals surface area contributed by atoms with Gasteiger partial charge in [-0.15, -0.1) is 10.2 Å². The molecule has 1 heterocycles. The maximum atomic E-state index is 12.0. The van der Waals surface area contributed by atoms with Crippen LogP contribution >= 0.6 is 23.1 Å². The maximum Gasteiger partial charge on any atom is 0.405 e. The van der Waals surface area contributed by atoms with E-state index in [9.17, 15) is 13.2 Å². The fraction of sp³-hybridized carbons (Fsp3) is 0.778. The van der Waals surface area contributed by atoms with Crippen LogP contribution < -0.4 is 5.32 Å². The van der Waals surface area contributed by atoms with Crippen LogP contribution in [0.1, 0.15) is 25.7 Å². The van der Waals surface area contributed by atoms with E-state index in [2.05, 4.69) is 15.5 Å². The predicted octanol–water partition coefficient (Wildman–Crippen LogP) is 3.55. The minimum Gasteiger partial charge on any atom is -0.351 e. The van der Waals surface area contributed by atoms with Gasteiger partial charge in [0, 0.05) is 5.25 Å². The van der Waals surface area contributed by atoms with E-state index in [-0.39, 0.29) is 5.13 Å². The molecule has 2 rings (SSSR count). The molecule has 0 amide bonds. The highest BCUT2D eigenvalue weighted by molar-refractivity contribution is 8.01. The molecule has 0 radical (unpaired) electrons. The third kappa shape index (κ3) is 4.34. The van der Waals surface area contributed by atoms with E-state index in [1.54, 1.807) is 11.8 Å². The van der Waals surface area contributed by atoms with Gasteiger partial charge in [0.05, 0.1) is 0 Å². The van der Waals surface area contributed by atoms with Crippen LogP contribution in [0.15, 0.2) is 4.34 Å². The Labute approximate surface area is 105 Å². The van der Waals surface area contributed by atoms with Gasteiger partial charge in [-0.1, -0.05) is 35.9 Å². The first-order valence-electron chi connectivity index (χ1n) is 5.34. The topological polar surface area (TPSA) is 37.8 Å². The van der Waals surface area contributed by atoms with E-state index in [0.717, 1.165) is 17.2 Å². The van der Waals surface area contributed by atoms with Crippen molar-refractivity contribution in [2.45, 2.75) is 41.4 Å². The van der Waals surface area contributed by atoms with Crippen LogP contribution in [0.5, 0.6) is 0 Å². The molecule has 1 aromatic heterocycles. The fourth-order valence-corrected chi connectivity index (χ4v) is 3.91. The van der Waals surface area contributed by atoms with Crippen LogP contribution in [0, 0.1) is 0 Å². The molecule has 1 N–H and O–H groups in total. The second kappa shape index (κ2) is 5.43. The summed E-state index contributed by atoms with van der Waals surface area (Å²) < 4.78 is 36.6. The Hall–Kier alpha value is -0.500. The Bertz CT molecular complexity index is 361. The summed E-state index contributed by atoms with van der Waals surface area (Å²) in [7, 11) is 0. The molecule has 1 saturated carbocycles. The molecule has 0 aromatic carbocycles. The molecule has 96 valence electrons. The SMILES string of the molecule is FC(F)(F)CNc1nnc(SC2CCCC2)s1. The second-order valence-electron chi connectivity index (χ2n) is 3.87. The van der Waals surface area contributed by atoms with Gasteiger partial charge in [-0.2, -0.15) is 13.2 Å². The molecule has 3 nitrogen and oxygen atoms in total. The highest BCUT2D eigenvalue weighted by Crippen LogP contribution is 2.36. The summed E-state index contributed by atoms with van der Waals surface area (Å²) >= 11 is 2.82. The number of hydrogen-bond donors (Lipinski definition) is 1. The van der Waals surface area contributed by atoms with Crippen molar-refractivity contribution in [3.8, 4) is 0 Å². The number of aromatic nitrogens is 2. The Morgan fingerprint density at radius 1 is 1.29 bits per heavy atom. The van der Waals surface area contributed by atoms with Gasteiger partial charge in [0.25, 0.3) is 0 Å². The first-order chi connectivity index (χ1) is 8.03. The maximum absolute atomic E-state index is 12.0. The number of alkyl halides is 3. The van der Waals surface area contributed by atoms with Gasteiger partial charge >= 0.3 is 6.18 Å². The second-order valence-corrected chi connectivity index (χ2v) is 6.39. The number of anilines is 1. The Morgan fingerprint density at radius 2 is 2.00 bits per heavy atom. The van der Waals surface area contributed by atoms with Gasteiger partial charge in [0.1, 0.15) is 6.54 Å². The van der Waals surface area contributed by atoms with E-state index in [4.69, 9.17) is 0 Å². The van der Waals surface area contributed by atoms with Crippen molar-refractivity contribution in [3.05, 3.63) is 0 Å². The van der Waals surface area contributed by atoms with E-state index < -0.39 is 12.7 Å². The molecule has 0 saturated heterocycles. The predicted molar refractivity (Wildman–Crippen MR) is 62.6 cm³/mol. The number of thioether (sulfide) groups is 1. The highest BCUT2D eigenvalue weighted by Gasteiger charge is 2.27. The summed E-state index contributed by atoms with van der Waals surface area (Å²) in [6.45, 7) is -1.06. The fourth-order valence-electron chi connectivity index (χ4n) is 1.65. The van der Waals surface area contributed by atoms with E-state index in [1.165, 1.54) is 24.2 Å². The lowest BCUT2D eigenvalue weighted by atomic mass is 10.4. The zero-order valence-corrected chi connectivity index (χ0v) is 10.6. The third-order valence-corrected chi connectivity index (χ3v) is 4.72. The lowest BCUT2D eigenvalue weighted by molar-refractivity contribution is -0.115.